The number of aliphatic hydroxyl groups excluding tert-OH is 1. The average molecular weight is 498 g/mol. The maximum Gasteiger partial charge on any atom is 0.408 e. The first kappa shape index (κ1) is 28.8. The van der Waals surface area contributed by atoms with Crippen LogP contribution in [0.5, 0.6) is 0 Å². The fraction of sp³-hybridized carbons (Fsp3) is 0.464. The second-order valence-electron chi connectivity index (χ2n) is 9.83. The quantitative estimate of drug-likeness (QED) is 0.448. The molecule has 0 fully saturated rings. The maximum atomic E-state index is 13.8. The molecule has 2 atom stereocenters. The first-order valence-corrected chi connectivity index (χ1v) is 12.3. The minimum atomic E-state index is -1.27. The Morgan fingerprint density at radius 1 is 1.00 bits per heavy atom. The zero-order valence-electron chi connectivity index (χ0n) is 22.1. The number of alkyl carbamates (subject to hydrolysis) is 1. The van der Waals surface area contributed by atoms with Crippen LogP contribution in [-0.4, -0.2) is 52.7 Å². The molecule has 0 radical (unpaired) electrons. The lowest BCUT2D eigenvalue weighted by Gasteiger charge is -2.34. The molecule has 2 aromatic rings. The van der Waals surface area contributed by atoms with Gasteiger partial charge in [-0.15, -0.1) is 0 Å². The fourth-order valence-electron chi connectivity index (χ4n) is 3.79. The number of aryl methyl sites for hydroxylation is 2. The predicted molar refractivity (Wildman–Crippen MR) is 141 cm³/mol. The Morgan fingerprint density at radius 3 is 2.17 bits per heavy atom. The van der Waals surface area contributed by atoms with Crippen molar-refractivity contribution in [2.24, 2.45) is 0 Å². The third-order valence-electron chi connectivity index (χ3n) is 5.65. The topological polar surface area (TPSA) is 108 Å². The second-order valence-corrected chi connectivity index (χ2v) is 9.83. The number of amides is 3. The Morgan fingerprint density at radius 2 is 1.61 bits per heavy atom. The highest BCUT2D eigenvalue weighted by atomic mass is 16.6. The van der Waals surface area contributed by atoms with Gasteiger partial charge in [0.05, 0.1) is 6.61 Å². The number of aliphatic hydroxyl groups is 1. The summed E-state index contributed by atoms with van der Waals surface area (Å²) in [5.41, 5.74) is 2.28. The van der Waals surface area contributed by atoms with Crippen LogP contribution in [0.25, 0.3) is 0 Å². The Balaban J connectivity index is 2.48. The van der Waals surface area contributed by atoms with Gasteiger partial charge in [-0.05, 0) is 63.8 Å². The van der Waals surface area contributed by atoms with Crippen LogP contribution in [0.1, 0.15) is 63.3 Å². The standard InChI is InChI=1S/C28H39N3O5/c1-7-8-17-31(26(34)23(18-32)30-27(35)36-28(4,5)6)24(21-15-11-9-13-19(21)2)25(33)29-22-16-12-10-14-20(22)3/h9-16,23-24,32H,7-8,17-18H2,1-6H3,(H,29,33)(H,30,35). The summed E-state index contributed by atoms with van der Waals surface area (Å²) in [6, 6.07) is 12.6. The summed E-state index contributed by atoms with van der Waals surface area (Å²) in [5, 5.41) is 15.5. The zero-order valence-corrected chi connectivity index (χ0v) is 22.1. The van der Waals surface area contributed by atoms with Gasteiger partial charge in [0, 0.05) is 12.2 Å². The lowest BCUT2D eigenvalue weighted by Crippen LogP contribution is -2.54. The lowest BCUT2D eigenvalue weighted by molar-refractivity contribution is -0.141. The Kier molecular flexibility index (Phi) is 10.5. The zero-order chi connectivity index (χ0) is 26.9. The van der Waals surface area contributed by atoms with Crippen molar-refractivity contribution in [1.29, 1.82) is 0 Å². The van der Waals surface area contributed by atoms with Crippen LogP contribution in [0.15, 0.2) is 48.5 Å². The molecule has 0 bridgehead atoms. The Hall–Kier alpha value is -3.39. The monoisotopic (exact) mass is 497 g/mol. The van der Waals surface area contributed by atoms with Crippen molar-refractivity contribution in [3.63, 3.8) is 0 Å². The highest BCUT2D eigenvalue weighted by molar-refractivity contribution is 5.99. The van der Waals surface area contributed by atoms with E-state index in [2.05, 4.69) is 10.6 Å². The number of ether oxygens (including phenoxy) is 1. The summed E-state index contributed by atoms with van der Waals surface area (Å²) in [4.78, 5) is 41.3. The van der Waals surface area contributed by atoms with Gasteiger partial charge in [-0.3, -0.25) is 9.59 Å². The summed E-state index contributed by atoms with van der Waals surface area (Å²) >= 11 is 0. The molecule has 0 spiro atoms. The minimum absolute atomic E-state index is 0.266. The third kappa shape index (κ3) is 8.09. The first-order valence-electron chi connectivity index (χ1n) is 12.3. The molecule has 0 heterocycles. The van der Waals surface area contributed by atoms with Gasteiger partial charge < -0.3 is 25.4 Å². The van der Waals surface area contributed by atoms with Crippen molar-refractivity contribution in [1.82, 2.24) is 10.2 Å². The number of hydrogen-bond donors (Lipinski definition) is 3. The molecule has 0 aliphatic carbocycles. The summed E-state index contributed by atoms with van der Waals surface area (Å²) in [6.45, 7) is 10.5. The van der Waals surface area contributed by atoms with E-state index in [0.717, 1.165) is 17.5 Å². The normalized spacial score (nSPS) is 12.9. The SMILES string of the molecule is CCCCN(C(=O)C(CO)NC(=O)OC(C)(C)C)C(C(=O)Nc1ccccc1C)c1ccccc1C. The van der Waals surface area contributed by atoms with Crippen LogP contribution in [0.4, 0.5) is 10.5 Å². The molecule has 0 aliphatic heterocycles. The van der Waals surface area contributed by atoms with Crippen molar-refractivity contribution in [2.45, 2.75) is 72.1 Å². The van der Waals surface area contributed by atoms with Crippen molar-refractivity contribution >= 4 is 23.6 Å². The van der Waals surface area contributed by atoms with Crippen LogP contribution < -0.4 is 10.6 Å². The average Bonchev–Trinajstić information content (AvgIpc) is 2.81. The van der Waals surface area contributed by atoms with Crippen molar-refractivity contribution in [3.05, 3.63) is 65.2 Å². The van der Waals surface area contributed by atoms with Crippen LogP contribution >= 0.6 is 0 Å². The number of unbranched alkanes of at least 4 members (excludes halogenated alkanes) is 1. The molecule has 2 unspecified atom stereocenters. The molecule has 8 heteroatoms. The predicted octanol–water partition coefficient (Wildman–Crippen LogP) is 4.50. The van der Waals surface area contributed by atoms with Crippen molar-refractivity contribution < 1.29 is 24.2 Å². The van der Waals surface area contributed by atoms with Crippen LogP contribution in [0.3, 0.4) is 0 Å². The van der Waals surface area contributed by atoms with Crippen LogP contribution in [0.2, 0.25) is 0 Å². The van der Waals surface area contributed by atoms with Crippen LogP contribution in [-0.2, 0) is 14.3 Å². The van der Waals surface area contributed by atoms with E-state index in [1.54, 1.807) is 26.8 Å². The van der Waals surface area contributed by atoms with Crippen molar-refractivity contribution in [2.75, 3.05) is 18.5 Å². The van der Waals surface area contributed by atoms with Gasteiger partial charge in [0.1, 0.15) is 17.7 Å². The molecule has 0 saturated carbocycles. The van der Waals surface area contributed by atoms with E-state index in [9.17, 15) is 19.5 Å². The number of rotatable bonds is 10. The van der Waals surface area contributed by atoms with E-state index in [1.165, 1.54) is 4.90 Å². The Bertz CT molecular complexity index is 1050. The number of nitrogens with zero attached hydrogens (tertiary/aromatic N) is 1. The van der Waals surface area contributed by atoms with Gasteiger partial charge in [0.2, 0.25) is 5.91 Å². The molecule has 2 aromatic carbocycles. The number of carbonyl (C=O) groups is 3. The highest BCUT2D eigenvalue weighted by Gasteiger charge is 2.36. The van der Waals surface area contributed by atoms with E-state index in [1.807, 2.05) is 63.2 Å². The second kappa shape index (κ2) is 13.1. The van der Waals surface area contributed by atoms with Gasteiger partial charge in [0.15, 0.2) is 0 Å². The number of para-hydroxylation sites is 1. The maximum absolute atomic E-state index is 13.8. The highest BCUT2D eigenvalue weighted by Crippen LogP contribution is 2.28. The number of hydrogen-bond acceptors (Lipinski definition) is 5. The lowest BCUT2D eigenvalue weighted by atomic mass is 9.97. The largest absolute Gasteiger partial charge is 0.444 e. The molecule has 0 saturated heterocycles. The minimum Gasteiger partial charge on any atom is -0.444 e. The molecule has 196 valence electrons. The molecule has 0 aliphatic rings. The number of nitrogens with one attached hydrogen (secondary N) is 2. The third-order valence-corrected chi connectivity index (χ3v) is 5.65. The van der Waals surface area contributed by atoms with Crippen molar-refractivity contribution in [3.8, 4) is 0 Å². The summed E-state index contributed by atoms with van der Waals surface area (Å²) in [5.74, 6) is -0.943. The van der Waals surface area contributed by atoms with Gasteiger partial charge in [-0.2, -0.15) is 0 Å². The first-order chi connectivity index (χ1) is 17.0. The smallest absolute Gasteiger partial charge is 0.408 e. The van der Waals surface area contributed by atoms with E-state index in [-0.39, 0.29) is 12.5 Å². The van der Waals surface area contributed by atoms with E-state index in [0.29, 0.717) is 17.7 Å². The van der Waals surface area contributed by atoms with E-state index < -0.39 is 36.3 Å². The summed E-state index contributed by atoms with van der Waals surface area (Å²) in [7, 11) is 0. The molecule has 3 amide bonds. The van der Waals surface area contributed by atoms with Gasteiger partial charge in [0.25, 0.3) is 5.91 Å². The van der Waals surface area contributed by atoms with Gasteiger partial charge in [-0.25, -0.2) is 4.79 Å². The summed E-state index contributed by atoms with van der Waals surface area (Å²) in [6.07, 6.45) is 0.603. The molecule has 2 rings (SSSR count). The fourth-order valence-corrected chi connectivity index (χ4v) is 3.79. The van der Waals surface area contributed by atoms with Gasteiger partial charge in [-0.1, -0.05) is 55.8 Å². The molecular formula is C28H39N3O5. The van der Waals surface area contributed by atoms with E-state index in [4.69, 9.17) is 4.74 Å². The number of anilines is 1. The molecular weight excluding hydrogens is 458 g/mol. The number of benzene rings is 2. The molecule has 3 N–H and O–H groups in total. The molecule has 36 heavy (non-hydrogen) atoms. The number of carbonyl (C=O) groups excluding carboxylic acids is 3. The molecule has 8 nitrogen and oxygen atoms in total. The summed E-state index contributed by atoms with van der Waals surface area (Å²) < 4.78 is 5.27. The van der Waals surface area contributed by atoms with Crippen LogP contribution in [0, 0.1) is 13.8 Å². The molecule has 0 aromatic heterocycles. The van der Waals surface area contributed by atoms with Gasteiger partial charge >= 0.3 is 6.09 Å². The van der Waals surface area contributed by atoms with E-state index >= 15 is 0 Å². The Labute approximate surface area is 214 Å².